The normalized spacial score (nSPS) is 15.5. The molecule has 5 aromatic rings. The Bertz CT molecular complexity index is 1330. The lowest BCUT2D eigenvalue weighted by atomic mass is 10.0. The summed E-state index contributed by atoms with van der Waals surface area (Å²) in [5, 5.41) is 2.57. The Morgan fingerprint density at radius 1 is 0.867 bits per heavy atom. The molecule has 0 spiro atoms. The third kappa shape index (κ3) is 2.91. The van der Waals surface area contributed by atoms with Gasteiger partial charge in [0.25, 0.3) is 0 Å². The second-order valence-corrected chi connectivity index (χ2v) is 8.59. The molecule has 0 aliphatic carbocycles. The van der Waals surface area contributed by atoms with Crippen molar-refractivity contribution < 1.29 is 9.47 Å². The fourth-order valence-electron chi connectivity index (χ4n) is 5.19. The fraction of sp³-hybridized carbons (Fsp3) is 0.269. The summed E-state index contributed by atoms with van der Waals surface area (Å²) < 4.78 is 4.81. The second kappa shape index (κ2) is 7.29. The molecule has 0 saturated carbocycles. The SMILES string of the molecule is c1ccc2c(-c3cn4c5ccccc5[n+](CC[NH+]5CCCCC5)c4[nH]3)cccc2c1. The highest BCUT2D eigenvalue weighted by atomic mass is 15.2. The van der Waals surface area contributed by atoms with Crippen molar-refractivity contribution in [3.63, 3.8) is 0 Å². The van der Waals surface area contributed by atoms with Crippen LogP contribution in [0.15, 0.2) is 72.9 Å². The van der Waals surface area contributed by atoms with Gasteiger partial charge in [-0.05, 0) is 42.2 Å². The molecule has 4 nitrogen and oxygen atoms in total. The van der Waals surface area contributed by atoms with Gasteiger partial charge in [-0.15, -0.1) is 0 Å². The first kappa shape index (κ1) is 17.7. The predicted molar refractivity (Wildman–Crippen MR) is 122 cm³/mol. The van der Waals surface area contributed by atoms with Gasteiger partial charge >= 0.3 is 5.78 Å². The number of para-hydroxylation sites is 2. The number of piperidine rings is 1. The summed E-state index contributed by atoms with van der Waals surface area (Å²) in [5.41, 5.74) is 5.01. The number of aromatic amines is 1. The van der Waals surface area contributed by atoms with Gasteiger partial charge in [0.15, 0.2) is 0 Å². The second-order valence-electron chi connectivity index (χ2n) is 8.59. The highest BCUT2D eigenvalue weighted by Gasteiger charge is 2.23. The Morgan fingerprint density at radius 2 is 1.67 bits per heavy atom. The van der Waals surface area contributed by atoms with Crippen molar-refractivity contribution in [3.8, 4) is 11.3 Å². The molecule has 0 radical (unpaired) electrons. The number of nitrogens with zero attached hydrogens (tertiary/aromatic N) is 2. The van der Waals surface area contributed by atoms with E-state index in [0.717, 1.165) is 6.54 Å². The van der Waals surface area contributed by atoms with E-state index in [1.54, 1.807) is 4.90 Å². The molecule has 0 amide bonds. The first-order chi connectivity index (χ1) is 14.9. The van der Waals surface area contributed by atoms with Crippen molar-refractivity contribution in [2.24, 2.45) is 0 Å². The quantitative estimate of drug-likeness (QED) is 0.435. The van der Waals surface area contributed by atoms with Gasteiger partial charge in [-0.2, -0.15) is 4.40 Å². The average molecular weight is 397 g/mol. The Morgan fingerprint density at radius 3 is 2.60 bits per heavy atom. The average Bonchev–Trinajstić information content (AvgIpc) is 3.36. The zero-order chi connectivity index (χ0) is 19.9. The number of quaternary nitrogens is 1. The molecule has 0 bridgehead atoms. The highest BCUT2D eigenvalue weighted by molar-refractivity contribution is 5.96. The van der Waals surface area contributed by atoms with Gasteiger partial charge in [0.1, 0.15) is 36.0 Å². The maximum absolute atomic E-state index is 3.77. The van der Waals surface area contributed by atoms with Crippen LogP contribution in [-0.2, 0) is 6.54 Å². The van der Waals surface area contributed by atoms with Crippen molar-refractivity contribution in [3.05, 3.63) is 72.9 Å². The topological polar surface area (TPSA) is 28.5 Å². The summed E-state index contributed by atoms with van der Waals surface area (Å²) in [5.74, 6) is 1.18. The first-order valence-corrected chi connectivity index (χ1v) is 11.2. The van der Waals surface area contributed by atoms with E-state index >= 15 is 0 Å². The molecule has 3 heterocycles. The highest BCUT2D eigenvalue weighted by Crippen LogP contribution is 2.29. The van der Waals surface area contributed by atoms with Crippen LogP contribution in [0.3, 0.4) is 0 Å². The van der Waals surface area contributed by atoms with Gasteiger partial charge in [-0.3, -0.25) is 0 Å². The molecule has 1 aliphatic heterocycles. The fourth-order valence-corrected chi connectivity index (χ4v) is 5.19. The predicted octanol–water partition coefficient (Wildman–Crippen LogP) is 3.60. The molecule has 3 aromatic carbocycles. The molecule has 4 heteroatoms. The number of H-pyrrole nitrogens is 1. The summed E-state index contributed by atoms with van der Waals surface area (Å²) >= 11 is 0. The molecule has 1 fully saturated rings. The Hall–Kier alpha value is -3.11. The van der Waals surface area contributed by atoms with Gasteiger partial charge in [-0.25, -0.2) is 9.55 Å². The Balaban J connectivity index is 1.47. The van der Waals surface area contributed by atoms with Crippen LogP contribution in [0.2, 0.25) is 0 Å². The third-order valence-corrected chi connectivity index (χ3v) is 6.75. The zero-order valence-electron chi connectivity index (χ0n) is 17.3. The van der Waals surface area contributed by atoms with E-state index in [9.17, 15) is 0 Å². The van der Waals surface area contributed by atoms with Gasteiger partial charge < -0.3 is 4.90 Å². The molecule has 1 saturated heterocycles. The summed E-state index contributed by atoms with van der Waals surface area (Å²) in [6.07, 6.45) is 6.42. The largest absolute Gasteiger partial charge is 0.368 e. The lowest BCUT2D eigenvalue weighted by Gasteiger charge is -2.22. The van der Waals surface area contributed by atoms with E-state index in [1.807, 2.05) is 0 Å². The van der Waals surface area contributed by atoms with Crippen LogP contribution in [0.4, 0.5) is 0 Å². The van der Waals surface area contributed by atoms with Gasteiger partial charge in [0, 0.05) is 5.56 Å². The lowest BCUT2D eigenvalue weighted by Crippen LogP contribution is -3.13. The molecule has 2 N–H and O–H groups in total. The number of imidazole rings is 2. The molecule has 150 valence electrons. The molecule has 1 aliphatic rings. The number of aromatic nitrogens is 3. The van der Waals surface area contributed by atoms with E-state index < -0.39 is 0 Å². The first-order valence-electron chi connectivity index (χ1n) is 11.2. The summed E-state index contributed by atoms with van der Waals surface area (Å²) in [6, 6.07) is 24.0. The number of rotatable bonds is 4. The number of benzene rings is 3. The third-order valence-electron chi connectivity index (χ3n) is 6.75. The maximum atomic E-state index is 3.77. The van der Waals surface area contributed by atoms with E-state index in [0.29, 0.717) is 0 Å². The molecule has 0 unspecified atom stereocenters. The van der Waals surface area contributed by atoms with E-state index in [-0.39, 0.29) is 0 Å². The van der Waals surface area contributed by atoms with E-state index in [4.69, 9.17) is 0 Å². The maximum Gasteiger partial charge on any atom is 0.368 e. The van der Waals surface area contributed by atoms with Crippen molar-refractivity contribution in [2.75, 3.05) is 19.6 Å². The summed E-state index contributed by atoms with van der Waals surface area (Å²) in [7, 11) is 0. The van der Waals surface area contributed by atoms with Crippen LogP contribution in [-0.4, -0.2) is 29.0 Å². The molecule has 0 atom stereocenters. The van der Waals surface area contributed by atoms with Crippen LogP contribution in [0.5, 0.6) is 0 Å². The van der Waals surface area contributed by atoms with Crippen LogP contribution >= 0.6 is 0 Å². The van der Waals surface area contributed by atoms with Crippen LogP contribution < -0.4 is 9.47 Å². The monoisotopic (exact) mass is 396 g/mol. The Kier molecular flexibility index (Phi) is 4.31. The Labute approximate surface area is 176 Å². The number of hydrogen-bond donors (Lipinski definition) is 2. The number of fused-ring (bicyclic) bond motifs is 4. The minimum atomic E-state index is 1.04. The van der Waals surface area contributed by atoms with Crippen LogP contribution in [0.25, 0.3) is 38.8 Å². The van der Waals surface area contributed by atoms with Crippen LogP contribution in [0, 0.1) is 0 Å². The van der Waals surface area contributed by atoms with Gasteiger partial charge in [0.2, 0.25) is 0 Å². The number of hydrogen-bond acceptors (Lipinski definition) is 0. The van der Waals surface area contributed by atoms with Crippen molar-refractivity contribution in [2.45, 2.75) is 25.8 Å². The molecule has 2 aromatic heterocycles. The molecule has 30 heavy (non-hydrogen) atoms. The number of likely N-dealkylation sites (tertiary alicyclic amines) is 1. The zero-order valence-corrected chi connectivity index (χ0v) is 17.3. The van der Waals surface area contributed by atoms with Crippen LogP contribution in [0.1, 0.15) is 19.3 Å². The number of nitrogens with one attached hydrogen (secondary N) is 2. The standard InChI is InChI=1S/C26H26N4/c1-6-15-28(16-7-1)17-18-29-24-13-4-5-14-25(24)30-19-23(27-26(29)30)22-12-8-10-20-9-2-3-11-21(20)22/h2-5,8-14,19H,1,6-7,15-18H2/p+2. The smallest absolute Gasteiger partial charge is 0.332 e. The molecular weight excluding hydrogens is 368 g/mol. The van der Waals surface area contributed by atoms with E-state index in [1.165, 1.54) is 77.7 Å². The summed E-state index contributed by atoms with van der Waals surface area (Å²) in [6.45, 7) is 4.88. The minimum Gasteiger partial charge on any atom is -0.332 e. The molecular formula is C26H28N4+2. The van der Waals surface area contributed by atoms with Crippen molar-refractivity contribution in [1.82, 2.24) is 9.38 Å². The van der Waals surface area contributed by atoms with Crippen molar-refractivity contribution in [1.29, 1.82) is 0 Å². The van der Waals surface area contributed by atoms with E-state index in [2.05, 4.69) is 86.9 Å². The van der Waals surface area contributed by atoms with Gasteiger partial charge in [0.05, 0.1) is 13.1 Å². The molecule has 6 rings (SSSR count). The van der Waals surface area contributed by atoms with Gasteiger partial charge in [-0.1, -0.05) is 54.6 Å². The lowest BCUT2D eigenvalue weighted by molar-refractivity contribution is -0.920. The summed E-state index contributed by atoms with van der Waals surface area (Å²) in [4.78, 5) is 5.51. The minimum absolute atomic E-state index is 1.04. The van der Waals surface area contributed by atoms with Crippen molar-refractivity contribution >= 4 is 27.6 Å².